The summed E-state index contributed by atoms with van der Waals surface area (Å²) < 4.78 is 35.9. The largest absolute Gasteiger partial charge is 0.493 e. The van der Waals surface area contributed by atoms with Crippen molar-refractivity contribution in [2.24, 2.45) is 17.8 Å². The van der Waals surface area contributed by atoms with Crippen LogP contribution in [0.3, 0.4) is 0 Å². The zero-order valence-corrected chi connectivity index (χ0v) is 34.0. The van der Waals surface area contributed by atoms with Crippen LogP contribution in [-0.4, -0.2) is 88.4 Å². The lowest BCUT2D eigenvalue weighted by atomic mass is 9.72. The second-order valence-electron chi connectivity index (χ2n) is 15.7. The van der Waals surface area contributed by atoms with Crippen LogP contribution in [0, 0.1) is 17.8 Å². The number of benzene rings is 3. The molecule has 0 unspecified atom stereocenters. The van der Waals surface area contributed by atoms with Crippen molar-refractivity contribution in [1.82, 2.24) is 9.80 Å². The third kappa shape index (κ3) is 7.85. The number of methoxy groups -OCH3 is 4. The van der Waals surface area contributed by atoms with E-state index in [0.29, 0.717) is 61.5 Å². The Kier molecular flexibility index (Phi) is 12.8. The van der Waals surface area contributed by atoms with Gasteiger partial charge >= 0.3 is 0 Å². The zero-order chi connectivity index (χ0) is 39.3. The number of aliphatic hydroxyl groups is 1. The van der Waals surface area contributed by atoms with Gasteiger partial charge in [-0.25, -0.2) is 0 Å². The molecule has 302 valence electrons. The summed E-state index contributed by atoms with van der Waals surface area (Å²) in [6.07, 6.45) is 7.26. The Morgan fingerprint density at radius 3 is 2.12 bits per heavy atom. The van der Waals surface area contributed by atoms with Gasteiger partial charge in [0.1, 0.15) is 0 Å². The van der Waals surface area contributed by atoms with Gasteiger partial charge in [-0.3, -0.25) is 9.69 Å². The molecule has 0 aromatic heterocycles. The highest BCUT2D eigenvalue weighted by molar-refractivity contribution is 5.92. The Hall–Kier alpha value is -4.25. The Balaban J connectivity index is 1.27. The number of nitrogens with zero attached hydrogens (tertiary/aromatic N) is 2. The molecule has 0 spiro atoms. The number of carbonyl (C=O) groups is 1. The second-order valence-corrected chi connectivity index (χ2v) is 15.7. The van der Waals surface area contributed by atoms with Crippen LogP contribution in [0.4, 0.5) is 0 Å². The maximum atomic E-state index is 15.2. The highest BCUT2D eigenvalue weighted by atomic mass is 16.7. The van der Waals surface area contributed by atoms with Gasteiger partial charge in [0, 0.05) is 50.7 Å². The summed E-state index contributed by atoms with van der Waals surface area (Å²) >= 11 is 0. The zero-order valence-electron chi connectivity index (χ0n) is 34.0. The van der Waals surface area contributed by atoms with E-state index < -0.39 is 6.29 Å². The van der Waals surface area contributed by atoms with E-state index in [-0.39, 0.29) is 36.4 Å². The molecule has 4 aliphatic rings. The molecule has 10 nitrogen and oxygen atoms in total. The molecule has 7 atom stereocenters. The SMILES string of the molecule is CCO[C@H]1OC(C(=O)N2CCc3cc(OC)c(OC)cc3[C@H]2C[C@H]2C[C@H]3c4cc(OC)c(OC)cc4CCN3C[C@@H]2CC)=C[C@@H](c2ccccc2)[C@@H]1CCCO. The maximum Gasteiger partial charge on any atom is 0.289 e. The number of piperidine rings is 1. The van der Waals surface area contributed by atoms with Crippen molar-refractivity contribution < 1.29 is 38.3 Å². The minimum Gasteiger partial charge on any atom is -0.493 e. The van der Waals surface area contributed by atoms with E-state index in [9.17, 15) is 5.11 Å². The monoisotopic (exact) mass is 768 g/mol. The minimum atomic E-state index is -0.614. The molecular formula is C46H60N2O8. The third-order valence-corrected chi connectivity index (χ3v) is 12.9. The first-order chi connectivity index (χ1) is 27.3. The Labute approximate surface area is 332 Å². The van der Waals surface area contributed by atoms with Crippen molar-refractivity contribution >= 4 is 5.91 Å². The number of rotatable bonds is 14. The lowest BCUT2D eigenvalue weighted by molar-refractivity contribution is -0.171. The van der Waals surface area contributed by atoms with Crippen molar-refractivity contribution in [2.75, 3.05) is 61.3 Å². The lowest BCUT2D eigenvalue weighted by Gasteiger charge is -2.49. The number of fused-ring (bicyclic) bond motifs is 4. The smallest absolute Gasteiger partial charge is 0.289 e. The first-order valence-electron chi connectivity index (χ1n) is 20.6. The van der Waals surface area contributed by atoms with Crippen molar-refractivity contribution in [2.45, 2.75) is 83.1 Å². The van der Waals surface area contributed by atoms with Gasteiger partial charge in [0.2, 0.25) is 6.29 Å². The van der Waals surface area contributed by atoms with Crippen molar-refractivity contribution in [3.8, 4) is 23.0 Å². The fraction of sp³-hybridized carbons (Fsp3) is 0.543. The van der Waals surface area contributed by atoms with E-state index in [1.807, 2.05) is 31.2 Å². The Bertz CT molecular complexity index is 1850. The third-order valence-electron chi connectivity index (χ3n) is 12.9. The predicted octanol–water partition coefficient (Wildman–Crippen LogP) is 7.63. The summed E-state index contributed by atoms with van der Waals surface area (Å²) in [5.41, 5.74) is 6.03. The van der Waals surface area contributed by atoms with Crippen LogP contribution in [-0.2, 0) is 27.1 Å². The summed E-state index contributed by atoms with van der Waals surface area (Å²) in [6, 6.07) is 18.9. The normalized spacial score (nSPS) is 25.9. The molecule has 56 heavy (non-hydrogen) atoms. The predicted molar refractivity (Wildman–Crippen MR) is 215 cm³/mol. The van der Waals surface area contributed by atoms with Gasteiger partial charge in [0.05, 0.1) is 34.5 Å². The molecule has 1 N–H and O–H groups in total. The lowest BCUT2D eigenvalue weighted by Crippen LogP contribution is -2.48. The number of carbonyl (C=O) groups excluding carboxylic acids is 1. The number of amides is 1. The van der Waals surface area contributed by atoms with Crippen molar-refractivity contribution in [3.63, 3.8) is 0 Å². The fourth-order valence-electron chi connectivity index (χ4n) is 10.0. The van der Waals surface area contributed by atoms with Gasteiger partial charge in [-0.1, -0.05) is 43.7 Å². The van der Waals surface area contributed by atoms with E-state index in [4.69, 9.17) is 28.4 Å². The highest BCUT2D eigenvalue weighted by Gasteiger charge is 2.44. The maximum absolute atomic E-state index is 15.2. The first-order valence-corrected chi connectivity index (χ1v) is 20.6. The molecule has 10 heteroatoms. The van der Waals surface area contributed by atoms with E-state index in [2.05, 4.69) is 53.1 Å². The molecule has 3 aromatic carbocycles. The van der Waals surface area contributed by atoms with Crippen LogP contribution >= 0.6 is 0 Å². The second kappa shape index (κ2) is 17.9. The highest BCUT2D eigenvalue weighted by Crippen LogP contribution is 2.50. The number of hydrogen-bond donors (Lipinski definition) is 1. The quantitative estimate of drug-likeness (QED) is 0.178. The van der Waals surface area contributed by atoms with Crippen LogP contribution < -0.4 is 18.9 Å². The molecular weight excluding hydrogens is 709 g/mol. The van der Waals surface area contributed by atoms with E-state index in [1.165, 1.54) is 16.7 Å². The van der Waals surface area contributed by atoms with Crippen LogP contribution in [0.2, 0.25) is 0 Å². The van der Waals surface area contributed by atoms with Gasteiger partial charge in [-0.05, 0) is 115 Å². The molecule has 4 aliphatic heterocycles. The Morgan fingerprint density at radius 2 is 1.48 bits per heavy atom. The molecule has 1 saturated heterocycles. The topological polar surface area (TPSA) is 99.2 Å². The van der Waals surface area contributed by atoms with Crippen LogP contribution in [0.25, 0.3) is 0 Å². The van der Waals surface area contributed by atoms with Gasteiger partial charge < -0.3 is 38.4 Å². The summed E-state index contributed by atoms with van der Waals surface area (Å²) in [4.78, 5) is 19.9. The van der Waals surface area contributed by atoms with E-state index in [1.54, 1.807) is 28.4 Å². The van der Waals surface area contributed by atoms with Crippen LogP contribution in [0.5, 0.6) is 23.0 Å². The summed E-state index contributed by atoms with van der Waals surface area (Å²) in [7, 11) is 6.75. The summed E-state index contributed by atoms with van der Waals surface area (Å²) in [5.74, 6) is 3.76. The molecule has 3 aromatic rings. The molecule has 0 aliphatic carbocycles. The van der Waals surface area contributed by atoms with E-state index >= 15 is 4.79 Å². The van der Waals surface area contributed by atoms with Gasteiger partial charge in [-0.2, -0.15) is 0 Å². The minimum absolute atomic E-state index is 0.0527. The molecule has 0 saturated carbocycles. The fourth-order valence-corrected chi connectivity index (χ4v) is 10.0. The number of aliphatic hydroxyl groups excluding tert-OH is 1. The standard InChI is InChI=1S/C46H60N2O8/c1-7-29-28-47-18-16-31-23-40(51-3)42(53-5)26-36(31)38(47)21-33(29)22-39-37-27-43(54-6)41(52-4)24-32(37)17-19-48(39)45(50)44-25-35(30-13-10-9-11-14-30)34(15-12-20-49)46(56-44)55-8-2/h9-11,13-14,23-27,29,33-35,38-39,46,49H,7-8,12,15-22,28H2,1-6H3/t29-,33+,34-,35-,38-,39+,46-/m0/s1. The van der Waals surface area contributed by atoms with Crippen LogP contribution in [0.15, 0.2) is 66.4 Å². The number of ether oxygens (including phenoxy) is 6. The molecule has 1 amide bonds. The van der Waals surface area contributed by atoms with Crippen molar-refractivity contribution in [1.29, 1.82) is 0 Å². The molecule has 0 bridgehead atoms. The number of allylic oxidation sites excluding steroid dienone is 1. The molecule has 4 heterocycles. The molecule has 7 rings (SSSR count). The van der Waals surface area contributed by atoms with Crippen LogP contribution in [0.1, 0.15) is 91.8 Å². The van der Waals surface area contributed by atoms with Gasteiger partial charge in [-0.15, -0.1) is 0 Å². The van der Waals surface area contributed by atoms with E-state index in [0.717, 1.165) is 61.4 Å². The number of hydrogen-bond acceptors (Lipinski definition) is 9. The average molecular weight is 769 g/mol. The summed E-state index contributed by atoms with van der Waals surface area (Å²) in [5, 5.41) is 9.80. The van der Waals surface area contributed by atoms with Crippen molar-refractivity contribution in [3.05, 3.63) is 94.2 Å². The first kappa shape index (κ1) is 40.0. The van der Waals surface area contributed by atoms with Gasteiger partial charge in [0.25, 0.3) is 5.91 Å². The molecule has 0 radical (unpaired) electrons. The average Bonchev–Trinajstić information content (AvgIpc) is 3.24. The molecule has 1 fully saturated rings. The van der Waals surface area contributed by atoms with Gasteiger partial charge in [0.15, 0.2) is 28.8 Å². The summed E-state index contributed by atoms with van der Waals surface area (Å²) in [6.45, 7) is 7.37. The Morgan fingerprint density at radius 1 is 0.839 bits per heavy atom.